The summed E-state index contributed by atoms with van der Waals surface area (Å²) in [5.74, 6) is -0.0415. The molecular formula is C12H22N4O. The number of carbonyl (C=O) groups is 1. The molecule has 1 aromatic rings. The molecule has 0 saturated carbocycles. The molecular weight excluding hydrogens is 216 g/mol. The van der Waals surface area contributed by atoms with Gasteiger partial charge in [0.15, 0.2) is 0 Å². The molecule has 17 heavy (non-hydrogen) atoms. The van der Waals surface area contributed by atoms with Gasteiger partial charge in [-0.05, 0) is 39.3 Å². The Balaban J connectivity index is 2.41. The molecule has 0 aromatic carbocycles. The van der Waals surface area contributed by atoms with Gasteiger partial charge in [-0.25, -0.2) is 0 Å². The molecule has 0 spiro atoms. The Labute approximate surface area is 102 Å². The zero-order chi connectivity index (χ0) is 12.7. The maximum atomic E-state index is 11.9. The van der Waals surface area contributed by atoms with Crippen LogP contribution in [-0.4, -0.2) is 28.8 Å². The highest BCUT2D eigenvalue weighted by molar-refractivity contribution is 5.92. The number of unbranched alkanes of at least 4 members (excludes halogenated alkanes) is 2. The van der Waals surface area contributed by atoms with Gasteiger partial charge in [-0.2, -0.15) is 5.10 Å². The number of hydrogen-bond acceptors (Lipinski definition) is 3. The molecule has 0 aliphatic rings. The van der Waals surface area contributed by atoms with Gasteiger partial charge in [-0.15, -0.1) is 0 Å². The third-order valence-electron chi connectivity index (χ3n) is 2.60. The van der Waals surface area contributed by atoms with Crippen molar-refractivity contribution in [1.82, 2.24) is 15.1 Å². The largest absolute Gasteiger partial charge is 0.351 e. The van der Waals surface area contributed by atoms with Crippen LogP contribution in [0, 0.1) is 6.92 Å². The second-order valence-electron chi connectivity index (χ2n) is 4.09. The maximum absolute atomic E-state index is 11.9. The highest BCUT2D eigenvalue weighted by Crippen LogP contribution is 2.03. The second kappa shape index (κ2) is 7.06. The van der Waals surface area contributed by atoms with Crippen LogP contribution in [0.2, 0.25) is 0 Å². The summed E-state index contributed by atoms with van der Waals surface area (Å²) in [7, 11) is 0. The van der Waals surface area contributed by atoms with Crippen LogP contribution in [-0.2, 0) is 6.54 Å². The fourth-order valence-electron chi connectivity index (χ4n) is 1.71. The lowest BCUT2D eigenvalue weighted by Gasteiger charge is -2.06. The number of aryl methyl sites for hydroxylation is 2. The number of nitrogens with one attached hydrogen (secondary N) is 1. The first-order chi connectivity index (χ1) is 8.19. The number of rotatable bonds is 7. The van der Waals surface area contributed by atoms with E-state index in [1.807, 2.05) is 19.9 Å². The first-order valence-electron chi connectivity index (χ1n) is 6.21. The summed E-state index contributed by atoms with van der Waals surface area (Å²) < 4.78 is 1.73. The fourth-order valence-corrected chi connectivity index (χ4v) is 1.71. The summed E-state index contributed by atoms with van der Waals surface area (Å²) in [4.78, 5) is 11.9. The quantitative estimate of drug-likeness (QED) is 0.698. The van der Waals surface area contributed by atoms with E-state index in [-0.39, 0.29) is 5.91 Å². The SMILES string of the molecule is CCn1nc(C)cc1C(=O)NCCCCCN. The molecule has 0 aliphatic heterocycles. The molecule has 3 N–H and O–H groups in total. The summed E-state index contributed by atoms with van der Waals surface area (Å²) in [5.41, 5.74) is 6.92. The first-order valence-corrected chi connectivity index (χ1v) is 6.21. The van der Waals surface area contributed by atoms with Gasteiger partial charge in [0.2, 0.25) is 0 Å². The van der Waals surface area contributed by atoms with E-state index in [4.69, 9.17) is 5.73 Å². The van der Waals surface area contributed by atoms with Gasteiger partial charge in [-0.1, -0.05) is 6.42 Å². The van der Waals surface area contributed by atoms with Gasteiger partial charge in [0.05, 0.1) is 5.69 Å². The van der Waals surface area contributed by atoms with Gasteiger partial charge in [0.25, 0.3) is 5.91 Å². The Morgan fingerprint density at radius 3 is 2.88 bits per heavy atom. The standard InChI is InChI=1S/C12H22N4O/c1-3-16-11(9-10(2)15-16)12(17)14-8-6-4-5-7-13/h9H,3-8,13H2,1-2H3,(H,14,17). The molecule has 0 fully saturated rings. The maximum Gasteiger partial charge on any atom is 0.269 e. The molecule has 96 valence electrons. The minimum Gasteiger partial charge on any atom is -0.351 e. The van der Waals surface area contributed by atoms with Gasteiger partial charge in [-0.3, -0.25) is 9.48 Å². The lowest BCUT2D eigenvalue weighted by molar-refractivity contribution is 0.0942. The van der Waals surface area contributed by atoms with Crippen LogP contribution >= 0.6 is 0 Å². The molecule has 0 aliphatic carbocycles. The van der Waals surface area contributed by atoms with Crippen molar-refractivity contribution in [3.05, 3.63) is 17.5 Å². The number of carbonyl (C=O) groups excluding carboxylic acids is 1. The van der Waals surface area contributed by atoms with E-state index >= 15 is 0 Å². The summed E-state index contributed by atoms with van der Waals surface area (Å²) in [6.07, 6.45) is 3.05. The number of nitrogens with zero attached hydrogens (tertiary/aromatic N) is 2. The minimum atomic E-state index is -0.0415. The molecule has 0 radical (unpaired) electrons. The van der Waals surface area contributed by atoms with Crippen LogP contribution in [0.15, 0.2) is 6.07 Å². The number of nitrogens with two attached hydrogens (primary N) is 1. The highest BCUT2D eigenvalue weighted by Gasteiger charge is 2.11. The molecule has 1 heterocycles. The Kier molecular flexibility index (Phi) is 5.69. The molecule has 0 unspecified atom stereocenters. The predicted octanol–water partition coefficient (Wildman–Crippen LogP) is 1.07. The first kappa shape index (κ1) is 13.7. The van der Waals surface area contributed by atoms with Crippen LogP contribution in [0.3, 0.4) is 0 Å². The summed E-state index contributed by atoms with van der Waals surface area (Å²) in [6, 6.07) is 1.82. The van der Waals surface area contributed by atoms with Crippen LogP contribution < -0.4 is 11.1 Å². The zero-order valence-electron chi connectivity index (χ0n) is 10.7. The minimum absolute atomic E-state index is 0.0415. The number of amides is 1. The van der Waals surface area contributed by atoms with E-state index in [9.17, 15) is 4.79 Å². The van der Waals surface area contributed by atoms with Crippen LogP contribution in [0.5, 0.6) is 0 Å². The van der Waals surface area contributed by atoms with E-state index < -0.39 is 0 Å². The smallest absolute Gasteiger partial charge is 0.269 e. The second-order valence-corrected chi connectivity index (χ2v) is 4.09. The van der Waals surface area contributed by atoms with Gasteiger partial charge >= 0.3 is 0 Å². The molecule has 5 heteroatoms. The highest BCUT2D eigenvalue weighted by atomic mass is 16.2. The van der Waals surface area contributed by atoms with E-state index in [0.29, 0.717) is 18.8 Å². The Hall–Kier alpha value is -1.36. The summed E-state index contributed by atoms with van der Waals surface area (Å²) in [5, 5.41) is 7.15. The lowest BCUT2D eigenvalue weighted by atomic mass is 10.2. The topological polar surface area (TPSA) is 72.9 Å². The lowest BCUT2D eigenvalue weighted by Crippen LogP contribution is -2.27. The monoisotopic (exact) mass is 238 g/mol. The molecule has 0 atom stereocenters. The van der Waals surface area contributed by atoms with Gasteiger partial charge < -0.3 is 11.1 Å². The van der Waals surface area contributed by atoms with Gasteiger partial charge in [0.1, 0.15) is 5.69 Å². The average Bonchev–Trinajstić information content (AvgIpc) is 2.70. The van der Waals surface area contributed by atoms with Crippen molar-refractivity contribution < 1.29 is 4.79 Å². The van der Waals surface area contributed by atoms with E-state index in [1.54, 1.807) is 4.68 Å². The molecule has 0 saturated heterocycles. The van der Waals surface area contributed by atoms with E-state index in [2.05, 4.69) is 10.4 Å². The predicted molar refractivity (Wildman–Crippen MR) is 67.9 cm³/mol. The molecule has 1 aromatic heterocycles. The Morgan fingerprint density at radius 2 is 2.24 bits per heavy atom. The Morgan fingerprint density at radius 1 is 1.47 bits per heavy atom. The van der Waals surface area contributed by atoms with Crippen LogP contribution in [0.1, 0.15) is 42.4 Å². The summed E-state index contributed by atoms with van der Waals surface area (Å²) in [6.45, 7) is 6.00. The van der Waals surface area contributed by atoms with E-state index in [0.717, 1.165) is 31.5 Å². The van der Waals surface area contributed by atoms with Crippen molar-refractivity contribution in [3.63, 3.8) is 0 Å². The number of hydrogen-bond donors (Lipinski definition) is 2. The molecule has 5 nitrogen and oxygen atoms in total. The Bertz CT molecular complexity index is 359. The third-order valence-corrected chi connectivity index (χ3v) is 2.60. The summed E-state index contributed by atoms with van der Waals surface area (Å²) >= 11 is 0. The fraction of sp³-hybridized carbons (Fsp3) is 0.667. The number of aromatic nitrogens is 2. The zero-order valence-corrected chi connectivity index (χ0v) is 10.7. The van der Waals surface area contributed by atoms with Crippen LogP contribution in [0.25, 0.3) is 0 Å². The normalized spacial score (nSPS) is 10.5. The molecule has 1 rings (SSSR count). The van der Waals surface area contributed by atoms with Crippen molar-refractivity contribution in [1.29, 1.82) is 0 Å². The van der Waals surface area contributed by atoms with Crippen molar-refractivity contribution in [2.45, 2.75) is 39.7 Å². The van der Waals surface area contributed by atoms with Crippen molar-refractivity contribution >= 4 is 5.91 Å². The van der Waals surface area contributed by atoms with E-state index in [1.165, 1.54) is 0 Å². The third kappa shape index (κ3) is 4.19. The molecule has 0 bridgehead atoms. The molecule has 1 amide bonds. The van der Waals surface area contributed by atoms with Crippen molar-refractivity contribution in [3.8, 4) is 0 Å². The van der Waals surface area contributed by atoms with Crippen molar-refractivity contribution in [2.24, 2.45) is 5.73 Å². The average molecular weight is 238 g/mol. The van der Waals surface area contributed by atoms with Crippen molar-refractivity contribution in [2.75, 3.05) is 13.1 Å². The van der Waals surface area contributed by atoms with Gasteiger partial charge in [0, 0.05) is 13.1 Å². The van der Waals surface area contributed by atoms with Crippen LogP contribution in [0.4, 0.5) is 0 Å².